The van der Waals surface area contributed by atoms with E-state index in [1.54, 1.807) is 41.5 Å². The highest BCUT2D eigenvalue weighted by molar-refractivity contribution is 6.07. The van der Waals surface area contributed by atoms with E-state index in [1.165, 1.54) is 0 Å². The Morgan fingerprint density at radius 1 is 1.04 bits per heavy atom. The van der Waals surface area contributed by atoms with E-state index < -0.39 is 41.4 Å². The topological polar surface area (TPSA) is 158 Å². The lowest BCUT2D eigenvalue weighted by atomic mass is 10.2. The van der Waals surface area contributed by atoms with E-state index in [0.717, 1.165) is 0 Å². The number of ether oxygens (including phenoxy) is 2. The summed E-state index contributed by atoms with van der Waals surface area (Å²) in [5.74, 6) is -1.52. The van der Waals surface area contributed by atoms with Crippen LogP contribution in [0.2, 0.25) is 0 Å². The highest BCUT2D eigenvalue weighted by Gasteiger charge is 2.33. The zero-order valence-corrected chi connectivity index (χ0v) is 16.2. The number of imide groups is 1. The van der Waals surface area contributed by atoms with Gasteiger partial charge < -0.3 is 26.0 Å². The number of nitrogens with two attached hydrogens (primary N) is 2. The van der Waals surface area contributed by atoms with Crippen molar-refractivity contribution in [1.29, 1.82) is 0 Å². The molecule has 0 heterocycles. The van der Waals surface area contributed by atoms with Crippen LogP contribution in [0, 0.1) is 0 Å². The van der Waals surface area contributed by atoms with E-state index in [4.69, 9.17) is 26.0 Å². The van der Waals surface area contributed by atoms with Gasteiger partial charge >= 0.3 is 18.2 Å². The Morgan fingerprint density at radius 2 is 1.46 bits per heavy atom. The fourth-order valence-corrected chi connectivity index (χ4v) is 1.58. The molecule has 10 heteroatoms. The summed E-state index contributed by atoms with van der Waals surface area (Å²) in [6, 6.07) is -1.01. The number of rotatable bonds is 5. The van der Waals surface area contributed by atoms with Crippen LogP contribution in [0.25, 0.3) is 0 Å². The Hall–Kier alpha value is -2.36. The number of nitrogens with zero attached hydrogens (tertiary/aromatic N) is 2. The normalized spacial score (nSPS) is 13.7. The lowest BCUT2D eigenvalue weighted by Gasteiger charge is -2.27. The molecule has 0 radical (unpaired) electrons. The number of carbonyl (C=O) groups is 3. The highest BCUT2D eigenvalue weighted by Crippen LogP contribution is 2.14. The molecule has 0 fully saturated rings. The van der Waals surface area contributed by atoms with Crippen molar-refractivity contribution in [3.05, 3.63) is 0 Å². The fraction of sp³-hybridized carbons (Fsp3) is 0.750. The summed E-state index contributed by atoms with van der Waals surface area (Å²) in [7, 11) is 0. The molecule has 0 bridgehead atoms. The maximum Gasteiger partial charge on any atom is 0.427 e. The van der Waals surface area contributed by atoms with Gasteiger partial charge in [0.2, 0.25) is 5.96 Å². The summed E-state index contributed by atoms with van der Waals surface area (Å²) in [4.78, 5) is 39.7. The molecule has 0 aromatic heterocycles. The second-order valence-electron chi connectivity index (χ2n) is 7.62. The molecule has 0 aliphatic rings. The molecule has 0 spiro atoms. The van der Waals surface area contributed by atoms with E-state index in [9.17, 15) is 14.4 Å². The number of carboxylic acids is 1. The fourth-order valence-electron chi connectivity index (χ4n) is 1.58. The quantitative estimate of drug-likeness (QED) is 0.372. The number of aliphatic carboxylic acids is 1. The number of carbonyl (C=O) groups excluding carboxylic acids is 2. The van der Waals surface area contributed by atoms with Crippen LogP contribution in [0.15, 0.2) is 4.99 Å². The Morgan fingerprint density at radius 3 is 1.81 bits per heavy atom. The molecule has 0 aliphatic heterocycles. The average molecular weight is 374 g/mol. The summed E-state index contributed by atoms with van der Waals surface area (Å²) < 4.78 is 10.3. The molecule has 0 aromatic carbocycles. The largest absolute Gasteiger partial charge is 0.480 e. The van der Waals surface area contributed by atoms with Gasteiger partial charge in [-0.1, -0.05) is 0 Å². The van der Waals surface area contributed by atoms with Gasteiger partial charge in [0, 0.05) is 6.54 Å². The molecule has 0 unspecified atom stereocenters. The summed E-state index contributed by atoms with van der Waals surface area (Å²) >= 11 is 0. The summed E-state index contributed by atoms with van der Waals surface area (Å²) in [6.07, 6.45) is -1.55. The molecule has 150 valence electrons. The van der Waals surface area contributed by atoms with Crippen LogP contribution in [-0.4, -0.2) is 57.9 Å². The van der Waals surface area contributed by atoms with Gasteiger partial charge in [0.25, 0.3) is 0 Å². The highest BCUT2D eigenvalue weighted by atomic mass is 16.6. The standard InChI is InChI=1S/C16H30N4O6/c1-15(2,3)25-13(23)20(14(24)26-16(4,5)6)12(18)19-9-7-8-10(17)11(21)22/h10H,7-9,17H2,1-6H3,(H2,18,19)(H,21,22)/t10-/m0/s1. The lowest BCUT2D eigenvalue weighted by molar-refractivity contribution is -0.138. The van der Waals surface area contributed by atoms with Gasteiger partial charge in [0.15, 0.2) is 0 Å². The number of hydrogen-bond acceptors (Lipinski definition) is 7. The predicted octanol–water partition coefficient (Wildman–Crippen LogP) is 1.67. The molecule has 5 N–H and O–H groups in total. The first-order valence-corrected chi connectivity index (χ1v) is 8.18. The van der Waals surface area contributed by atoms with E-state index in [-0.39, 0.29) is 13.0 Å². The maximum absolute atomic E-state index is 12.3. The first-order valence-electron chi connectivity index (χ1n) is 8.18. The minimum absolute atomic E-state index is 0.0783. The average Bonchev–Trinajstić information content (AvgIpc) is 2.39. The molecule has 2 amide bonds. The molecule has 26 heavy (non-hydrogen) atoms. The van der Waals surface area contributed by atoms with E-state index in [2.05, 4.69) is 4.99 Å². The third kappa shape index (κ3) is 9.82. The van der Waals surface area contributed by atoms with E-state index >= 15 is 0 Å². The number of guanidine groups is 1. The molecule has 0 aliphatic carbocycles. The second-order valence-corrected chi connectivity index (χ2v) is 7.62. The monoisotopic (exact) mass is 374 g/mol. The van der Waals surface area contributed by atoms with Crippen LogP contribution in [0.1, 0.15) is 54.4 Å². The van der Waals surface area contributed by atoms with Crippen molar-refractivity contribution in [2.45, 2.75) is 71.6 Å². The van der Waals surface area contributed by atoms with Crippen LogP contribution in [0.5, 0.6) is 0 Å². The van der Waals surface area contributed by atoms with Crippen molar-refractivity contribution < 1.29 is 29.0 Å². The number of amides is 2. The molecule has 1 atom stereocenters. The minimum atomic E-state index is -1.12. The second kappa shape index (κ2) is 9.37. The first-order chi connectivity index (χ1) is 11.6. The Kier molecular flexibility index (Phi) is 8.52. The van der Waals surface area contributed by atoms with Gasteiger partial charge in [-0.25, -0.2) is 9.59 Å². The van der Waals surface area contributed by atoms with Gasteiger partial charge in [-0.05, 0) is 54.4 Å². The van der Waals surface area contributed by atoms with Crippen molar-refractivity contribution in [1.82, 2.24) is 4.90 Å². The van der Waals surface area contributed by atoms with Gasteiger partial charge in [-0.3, -0.25) is 9.79 Å². The summed E-state index contributed by atoms with van der Waals surface area (Å²) in [5, 5.41) is 8.72. The van der Waals surface area contributed by atoms with Gasteiger partial charge in [-0.15, -0.1) is 4.90 Å². The van der Waals surface area contributed by atoms with Gasteiger partial charge in [-0.2, -0.15) is 0 Å². The molecule has 0 rings (SSSR count). The van der Waals surface area contributed by atoms with E-state index in [1.807, 2.05) is 0 Å². The molecule has 10 nitrogen and oxygen atoms in total. The van der Waals surface area contributed by atoms with Gasteiger partial charge in [0.05, 0.1) is 0 Å². The Balaban J connectivity index is 5.18. The number of carboxylic acid groups (broad SMARTS) is 1. The van der Waals surface area contributed by atoms with Crippen molar-refractivity contribution in [3.63, 3.8) is 0 Å². The lowest BCUT2D eigenvalue weighted by Crippen LogP contribution is -2.50. The van der Waals surface area contributed by atoms with Crippen LogP contribution in [0.3, 0.4) is 0 Å². The van der Waals surface area contributed by atoms with Crippen LogP contribution in [0.4, 0.5) is 9.59 Å². The smallest absolute Gasteiger partial charge is 0.427 e. The third-order valence-corrected chi connectivity index (χ3v) is 2.65. The molecule has 0 aromatic rings. The zero-order valence-electron chi connectivity index (χ0n) is 16.2. The summed E-state index contributed by atoms with van der Waals surface area (Å²) in [6.45, 7) is 9.90. The van der Waals surface area contributed by atoms with Crippen molar-refractivity contribution in [2.75, 3.05) is 6.54 Å². The number of hydrogen-bond donors (Lipinski definition) is 3. The first kappa shape index (κ1) is 23.6. The third-order valence-electron chi connectivity index (χ3n) is 2.65. The van der Waals surface area contributed by atoms with E-state index in [0.29, 0.717) is 11.3 Å². The molecule has 0 saturated carbocycles. The van der Waals surface area contributed by atoms with Crippen LogP contribution < -0.4 is 11.5 Å². The van der Waals surface area contributed by atoms with Crippen LogP contribution in [-0.2, 0) is 14.3 Å². The summed E-state index contributed by atoms with van der Waals surface area (Å²) in [5.41, 5.74) is 9.44. The Bertz CT molecular complexity index is 520. The maximum atomic E-state index is 12.3. The molecule has 0 saturated heterocycles. The van der Waals surface area contributed by atoms with Crippen molar-refractivity contribution >= 4 is 24.1 Å². The zero-order chi connectivity index (χ0) is 20.7. The minimum Gasteiger partial charge on any atom is -0.480 e. The number of aliphatic imine (C=N–C) groups is 1. The molecular formula is C16H30N4O6. The SMILES string of the molecule is CC(C)(C)OC(=O)N(C(=O)OC(C)(C)C)C(N)=NCCC[C@H](N)C(=O)O. The van der Waals surface area contributed by atoms with Crippen molar-refractivity contribution in [3.8, 4) is 0 Å². The molecular weight excluding hydrogens is 344 g/mol. The Labute approximate surface area is 153 Å². The predicted molar refractivity (Wildman–Crippen MR) is 95.6 cm³/mol. The van der Waals surface area contributed by atoms with Crippen LogP contribution >= 0.6 is 0 Å². The van der Waals surface area contributed by atoms with Crippen molar-refractivity contribution in [2.24, 2.45) is 16.5 Å². The van der Waals surface area contributed by atoms with Gasteiger partial charge in [0.1, 0.15) is 17.2 Å².